The lowest BCUT2D eigenvalue weighted by Gasteiger charge is -2.29. The smallest absolute Gasteiger partial charge is 0.248 e. The van der Waals surface area contributed by atoms with E-state index in [0.717, 1.165) is 19.5 Å². The van der Waals surface area contributed by atoms with Gasteiger partial charge in [-0.2, -0.15) is 0 Å². The monoisotopic (exact) mass is 257 g/mol. The van der Waals surface area contributed by atoms with Gasteiger partial charge in [0.2, 0.25) is 11.8 Å². The van der Waals surface area contributed by atoms with Gasteiger partial charge in [-0.15, -0.1) is 0 Å². The Bertz CT molecular complexity index is 278. The van der Waals surface area contributed by atoms with Gasteiger partial charge in [0.1, 0.15) is 6.61 Å². The number of amides is 2. The highest BCUT2D eigenvalue weighted by atomic mass is 16.5. The topological polar surface area (TPSA) is 61.9 Å². The number of hydrogen-bond acceptors (Lipinski definition) is 4. The molecule has 18 heavy (non-hydrogen) atoms. The quantitative estimate of drug-likeness (QED) is 0.639. The second-order valence-electron chi connectivity index (χ2n) is 4.43. The van der Waals surface area contributed by atoms with E-state index in [-0.39, 0.29) is 25.0 Å². The number of nitrogens with one attached hydrogen (secondary N) is 1. The van der Waals surface area contributed by atoms with E-state index < -0.39 is 0 Å². The van der Waals surface area contributed by atoms with Crippen LogP contribution in [-0.2, 0) is 14.3 Å². The number of likely N-dealkylation sites (N-methyl/N-ethyl adjacent to an activating group) is 1. The summed E-state index contributed by atoms with van der Waals surface area (Å²) in [6.07, 6.45) is 0.886. The van der Waals surface area contributed by atoms with Gasteiger partial charge in [-0.25, -0.2) is 0 Å². The van der Waals surface area contributed by atoms with Crippen molar-refractivity contribution in [3.63, 3.8) is 0 Å². The number of carbonyl (C=O) groups excluding carboxylic acids is 2. The molecule has 0 radical (unpaired) electrons. The van der Waals surface area contributed by atoms with Crippen LogP contribution in [0.1, 0.15) is 13.3 Å². The van der Waals surface area contributed by atoms with Crippen LogP contribution in [0.25, 0.3) is 0 Å². The van der Waals surface area contributed by atoms with E-state index in [4.69, 9.17) is 4.74 Å². The van der Waals surface area contributed by atoms with Crippen molar-refractivity contribution in [2.75, 3.05) is 53.0 Å². The summed E-state index contributed by atoms with van der Waals surface area (Å²) in [4.78, 5) is 26.8. The van der Waals surface area contributed by atoms with Crippen LogP contribution in [0.4, 0.5) is 0 Å². The first-order valence-corrected chi connectivity index (χ1v) is 6.45. The van der Waals surface area contributed by atoms with Crippen LogP contribution < -0.4 is 5.32 Å². The maximum Gasteiger partial charge on any atom is 0.248 e. The van der Waals surface area contributed by atoms with Gasteiger partial charge in [0, 0.05) is 39.8 Å². The van der Waals surface area contributed by atoms with Crippen LogP contribution in [0.3, 0.4) is 0 Å². The molecule has 1 aliphatic heterocycles. The fraction of sp³-hybridized carbons (Fsp3) is 0.833. The molecule has 1 N–H and O–H groups in total. The summed E-state index contributed by atoms with van der Waals surface area (Å²) in [5, 5.41) is 3.19. The third-order valence-corrected chi connectivity index (χ3v) is 2.84. The van der Waals surface area contributed by atoms with Gasteiger partial charge in [-0.1, -0.05) is 6.92 Å². The van der Waals surface area contributed by atoms with E-state index in [0.29, 0.717) is 19.7 Å². The molecule has 104 valence electrons. The molecule has 0 saturated carbocycles. The van der Waals surface area contributed by atoms with Crippen LogP contribution in [0.2, 0.25) is 0 Å². The van der Waals surface area contributed by atoms with Crippen LogP contribution in [0.15, 0.2) is 0 Å². The first-order chi connectivity index (χ1) is 8.65. The zero-order chi connectivity index (χ0) is 13.4. The predicted molar refractivity (Wildman–Crippen MR) is 68.2 cm³/mol. The fourth-order valence-corrected chi connectivity index (χ4v) is 1.72. The second kappa shape index (κ2) is 8.05. The van der Waals surface area contributed by atoms with E-state index in [2.05, 4.69) is 5.32 Å². The van der Waals surface area contributed by atoms with Gasteiger partial charge in [-0.05, 0) is 6.42 Å². The average molecular weight is 257 g/mol. The van der Waals surface area contributed by atoms with E-state index in [9.17, 15) is 9.59 Å². The van der Waals surface area contributed by atoms with Gasteiger partial charge < -0.3 is 19.9 Å². The van der Waals surface area contributed by atoms with Gasteiger partial charge >= 0.3 is 0 Å². The Morgan fingerprint density at radius 2 is 2.00 bits per heavy atom. The van der Waals surface area contributed by atoms with E-state index in [1.54, 1.807) is 11.9 Å². The molecule has 1 saturated heterocycles. The number of nitrogens with zero attached hydrogens (tertiary/aromatic N) is 2. The molecule has 1 rings (SSSR count). The Labute approximate surface area is 108 Å². The number of rotatable bonds is 6. The molecular weight excluding hydrogens is 234 g/mol. The van der Waals surface area contributed by atoms with Gasteiger partial charge in [0.15, 0.2) is 0 Å². The minimum absolute atomic E-state index is 0.00263. The van der Waals surface area contributed by atoms with Crippen LogP contribution in [0.5, 0.6) is 0 Å². The van der Waals surface area contributed by atoms with Gasteiger partial charge in [0.25, 0.3) is 0 Å². The molecule has 2 amide bonds. The molecule has 6 nitrogen and oxygen atoms in total. The lowest BCUT2D eigenvalue weighted by molar-refractivity contribution is -0.142. The third kappa shape index (κ3) is 5.01. The molecule has 0 bridgehead atoms. The highest BCUT2D eigenvalue weighted by Gasteiger charge is 2.19. The van der Waals surface area contributed by atoms with E-state index in [1.807, 2.05) is 6.92 Å². The Hall–Kier alpha value is -1.14. The molecule has 0 aromatic rings. The standard InChI is InChI=1S/C12H23N3O3/c1-3-8-18-10-12(17)14(2)9-11(16)15-6-4-13-5-7-15/h13H,3-10H2,1-2H3. The first-order valence-electron chi connectivity index (χ1n) is 6.45. The highest BCUT2D eigenvalue weighted by molar-refractivity contribution is 5.85. The summed E-state index contributed by atoms with van der Waals surface area (Å²) in [6, 6.07) is 0. The minimum atomic E-state index is -0.146. The molecule has 1 fully saturated rings. The zero-order valence-electron chi connectivity index (χ0n) is 11.3. The highest BCUT2D eigenvalue weighted by Crippen LogP contribution is 1.96. The van der Waals surface area contributed by atoms with Gasteiger partial charge in [0.05, 0.1) is 6.54 Å². The van der Waals surface area contributed by atoms with Gasteiger partial charge in [-0.3, -0.25) is 9.59 Å². The Balaban J connectivity index is 2.27. The van der Waals surface area contributed by atoms with Crippen molar-refractivity contribution >= 4 is 11.8 Å². The number of carbonyl (C=O) groups is 2. The first kappa shape index (κ1) is 14.9. The summed E-state index contributed by atoms with van der Waals surface area (Å²) < 4.78 is 5.17. The number of piperazine rings is 1. The lowest BCUT2D eigenvalue weighted by atomic mass is 10.3. The molecule has 0 spiro atoms. The van der Waals surface area contributed by atoms with Crippen LogP contribution in [0, 0.1) is 0 Å². The minimum Gasteiger partial charge on any atom is -0.372 e. The summed E-state index contributed by atoms with van der Waals surface area (Å²) >= 11 is 0. The number of ether oxygens (including phenoxy) is 1. The molecular formula is C12H23N3O3. The average Bonchev–Trinajstić information content (AvgIpc) is 2.39. The maximum absolute atomic E-state index is 11.9. The molecule has 1 heterocycles. The zero-order valence-corrected chi connectivity index (χ0v) is 11.3. The molecule has 0 atom stereocenters. The third-order valence-electron chi connectivity index (χ3n) is 2.84. The maximum atomic E-state index is 11.9. The Morgan fingerprint density at radius 3 is 2.61 bits per heavy atom. The summed E-state index contributed by atoms with van der Waals surface area (Å²) in [6.45, 7) is 5.83. The largest absolute Gasteiger partial charge is 0.372 e. The Morgan fingerprint density at radius 1 is 1.33 bits per heavy atom. The molecule has 1 aliphatic rings. The predicted octanol–water partition coefficient (Wildman–Crippen LogP) is -0.697. The molecule has 0 aliphatic carbocycles. The van der Waals surface area contributed by atoms with Crippen LogP contribution in [-0.4, -0.2) is 74.6 Å². The second-order valence-corrected chi connectivity index (χ2v) is 4.43. The molecule has 0 aromatic heterocycles. The number of hydrogen-bond donors (Lipinski definition) is 1. The van der Waals surface area contributed by atoms with Crippen molar-refractivity contribution in [2.24, 2.45) is 0 Å². The van der Waals surface area contributed by atoms with Crippen molar-refractivity contribution in [3.8, 4) is 0 Å². The fourth-order valence-electron chi connectivity index (χ4n) is 1.72. The van der Waals surface area contributed by atoms with Crippen molar-refractivity contribution < 1.29 is 14.3 Å². The molecule has 0 aromatic carbocycles. The lowest BCUT2D eigenvalue weighted by Crippen LogP contribution is -2.50. The molecule has 0 unspecified atom stereocenters. The van der Waals surface area contributed by atoms with Crippen molar-refractivity contribution in [1.29, 1.82) is 0 Å². The van der Waals surface area contributed by atoms with Crippen molar-refractivity contribution in [1.82, 2.24) is 15.1 Å². The Kier molecular flexibility index (Phi) is 6.67. The van der Waals surface area contributed by atoms with Crippen LogP contribution >= 0.6 is 0 Å². The SMILES string of the molecule is CCCOCC(=O)N(C)CC(=O)N1CCNCC1. The molecule has 6 heteroatoms. The van der Waals surface area contributed by atoms with Crippen molar-refractivity contribution in [3.05, 3.63) is 0 Å². The summed E-state index contributed by atoms with van der Waals surface area (Å²) in [5.74, 6) is -0.144. The summed E-state index contributed by atoms with van der Waals surface area (Å²) in [7, 11) is 1.64. The van der Waals surface area contributed by atoms with Crippen molar-refractivity contribution in [2.45, 2.75) is 13.3 Å². The van der Waals surface area contributed by atoms with E-state index in [1.165, 1.54) is 4.90 Å². The summed E-state index contributed by atoms with van der Waals surface area (Å²) in [5.41, 5.74) is 0. The van der Waals surface area contributed by atoms with E-state index >= 15 is 0 Å². The normalized spacial score (nSPS) is 15.6.